The topological polar surface area (TPSA) is 56.5 Å². The highest BCUT2D eigenvalue weighted by Crippen LogP contribution is 2.29. The molecule has 4 heterocycles. The van der Waals surface area contributed by atoms with E-state index in [1.165, 1.54) is 27.4 Å². The predicted molar refractivity (Wildman–Crippen MR) is 95.3 cm³/mol. The fourth-order valence-corrected chi connectivity index (χ4v) is 4.78. The summed E-state index contributed by atoms with van der Waals surface area (Å²) < 4.78 is 12.1. The number of nitrogens with one attached hydrogen (secondary N) is 1. The Labute approximate surface area is 148 Å². The minimum absolute atomic E-state index is 0.446. The van der Waals surface area contributed by atoms with Gasteiger partial charge in [0, 0.05) is 18.9 Å². The van der Waals surface area contributed by atoms with E-state index < -0.39 is 0 Å². The standard InChI is InChI=1S/C19H17N3O2S/c1-2-8-18-14(5-1)20-19(25-18)15-6-3-9-22(15)12-13-11-17(24-21-13)16-7-4-10-23-16/h1-2,4-5,7-8,10-11,15H,3,6,9,12H2/p+1/t15-/m0/s1. The van der Waals surface area contributed by atoms with Crippen LogP contribution in [0.2, 0.25) is 0 Å². The van der Waals surface area contributed by atoms with Crippen molar-refractivity contribution in [3.05, 3.63) is 59.4 Å². The van der Waals surface area contributed by atoms with E-state index in [9.17, 15) is 0 Å². The first-order valence-electron chi connectivity index (χ1n) is 8.56. The summed E-state index contributed by atoms with van der Waals surface area (Å²) in [4.78, 5) is 6.38. The van der Waals surface area contributed by atoms with E-state index in [0.29, 0.717) is 11.8 Å². The maximum absolute atomic E-state index is 5.44. The smallest absolute Gasteiger partial charge is 0.202 e. The van der Waals surface area contributed by atoms with E-state index >= 15 is 0 Å². The number of hydrogen-bond acceptors (Lipinski definition) is 5. The van der Waals surface area contributed by atoms with Gasteiger partial charge >= 0.3 is 0 Å². The second kappa shape index (κ2) is 6.13. The molecule has 1 unspecified atom stereocenters. The van der Waals surface area contributed by atoms with Crippen molar-refractivity contribution in [3.63, 3.8) is 0 Å². The van der Waals surface area contributed by atoms with E-state index in [4.69, 9.17) is 13.9 Å². The molecule has 5 nitrogen and oxygen atoms in total. The molecule has 1 aliphatic heterocycles. The molecule has 1 saturated heterocycles. The van der Waals surface area contributed by atoms with Gasteiger partial charge < -0.3 is 13.8 Å². The lowest BCUT2D eigenvalue weighted by molar-refractivity contribution is -0.932. The Kier molecular flexibility index (Phi) is 3.64. The van der Waals surface area contributed by atoms with Gasteiger partial charge in [-0.15, -0.1) is 11.3 Å². The molecule has 1 N–H and O–H groups in total. The van der Waals surface area contributed by atoms with Crippen LogP contribution in [0.15, 0.2) is 57.7 Å². The third-order valence-corrected chi connectivity index (χ3v) is 5.97. The molecule has 6 heteroatoms. The van der Waals surface area contributed by atoms with Gasteiger partial charge in [0.05, 0.1) is 23.0 Å². The minimum atomic E-state index is 0.446. The van der Waals surface area contributed by atoms with Crippen LogP contribution in [0.5, 0.6) is 0 Å². The quantitative estimate of drug-likeness (QED) is 0.611. The first-order chi connectivity index (χ1) is 12.4. The Morgan fingerprint density at radius 3 is 3.00 bits per heavy atom. The number of furan rings is 1. The van der Waals surface area contributed by atoms with E-state index in [1.807, 2.05) is 29.5 Å². The maximum Gasteiger partial charge on any atom is 0.202 e. The number of thiazole rings is 1. The van der Waals surface area contributed by atoms with Crippen LogP contribution in [0.3, 0.4) is 0 Å². The van der Waals surface area contributed by atoms with Crippen molar-refractivity contribution in [2.24, 2.45) is 0 Å². The van der Waals surface area contributed by atoms with E-state index in [1.54, 1.807) is 6.26 Å². The largest absolute Gasteiger partial charge is 0.461 e. The van der Waals surface area contributed by atoms with Crippen molar-refractivity contribution >= 4 is 21.6 Å². The number of aromatic nitrogens is 2. The number of fused-ring (bicyclic) bond motifs is 1. The Morgan fingerprint density at radius 2 is 2.12 bits per heavy atom. The third kappa shape index (κ3) is 2.77. The summed E-state index contributed by atoms with van der Waals surface area (Å²) in [7, 11) is 0. The number of hydrogen-bond donors (Lipinski definition) is 1. The third-order valence-electron chi connectivity index (χ3n) is 4.82. The summed E-state index contributed by atoms with van der Waals surface area (Å²) in [6, 6.07) is 14.5. The molecule has 5 rings (SSSR count). The summed E-state index contributed by atoms with van der Waals surface area (Å²) in [5.74, 6) is 1.41. The fraction of sp³-hybridized carbons (Fsp3) is 0.263. The van der Waals surface area contributed by atoms with Crippen LogP contribution in [-0.2, 0) is 6.54 Å². The predicted octanol–water partition coefficient (Wildman–Crippen LogP) is 3.46. The van der Waals surface area contributed by atoms with Gasteiger partial charge in [-0.2, -0.15) is 0 Å². The maximum atomic E-state index is 5.44. The zero-order chi connectivity index (χ0) is 16.6. The normalized spacial score (nSPS) is 20.5. The van der Waals surface area contributed by atoms with Crippen molar-refractivity contribution in [1.82, 2.24) is 10.1 Å². The van der Waals surface area contributed by atoms with Crippen LogP contribution in [-0.4, -0.2) is 16.7 Å². The lowest BCUT2D eigenvalue weighted by Gasteiger charge is -2.18. The van der Waals surface area contributed by atoms with Gasteiger partial charge in [0.1, 0.15) is 18.3 Å². The van der Waals surface area contributed by atoms with Gasteiger partial charge in [0.25, 0.3) is 0 Å². The lowest BCUT2D eigenvalue weighted by atomic mass is 10.2. The minimum Gasteiger partial charge on any atom is -0.461 e. The molecule has 3 aromatic heterocycles. The molecule has 0 amide bonds. The van der Waals surface area contributed by atoms with Gasteiger partial charge in [-0.1, -0.05) is 17.3 Å². The van der Waals surface area contributed by atoms with Crippen LogP contribution in [0, 0.1) is 0 Å². The molecule has 1 aliphatic rings. The van der Waals surface area contributed by atoms with Gasteiger partial charge in [-0.05, 0) is 24.3 Å². The molecule has 4 aromatic rings. The molecule has 25 heavy (non-hydrogen) atoms. The van der Waals surface area contributed by atoms with Crippen molar-refractivity contribution in [1.29, 1.82) is 0 Å². The number of likely N-dealkylation sites (tertiary alicyclic amines) is 1. The molecule has 126 valence electrons. The number of quaternary nitrogens is 1. The van der Waals surface area contributed by atoms with Crippen LogP contribution in [0.25, 0.3) is 21.7 Å². The highest BCUT2D eigenvalue weighted by atomic mass is 32.1. The summed E-state index contributed by atoms with van der Waals surface area (Å²) in [5, 5.41) is 5.47. The van der Waals surface area contributed by atoms with Crippen molar-refractivity contribution in [2.45, 2.75) is 25.4 Å². The molecular formula is C19H18N3O2S+. The van der Waals surface area contributed by atoms with Crippen LogP contribution in [0.1, 0.15) is 29.6 Å². The molecule has 1 aromatic carbocycles. The molecule has 0 radical (unpaired) electrons. The monoisotopic (exact) mass is 352 g/mol. The van der Waals surface area contributed by atoms with E-state index in [0.717, 1.165) is 30.1 Å². The molecule has 0 bridgehead atoms. The van der Waals surface area contributed by atoms with Gasteiger partial charge in [-0.25, -0.2) is 4.98 Å². The zero-order valence-corrected chi connectivity index (χ0v) is 14.5. The summed E-state index contributed by atoms with van der Waals surface area (Å²) >= 11 is 1.82. The first kappa shape index (κ1) is 14.9. The van der Waals surface area contributed by atoms with Gasteiger partial charge in [-0.3, -0.25) is 0 Å². The van der Waals surface area contributed by atoms with Crippen LogP contribution >= 0.6 is 11.3 Å². The molecule has 2 atom stereocenters. The molecule has 1 fully saturated rings. The summed E-state index contributed by atoms with van der Waals surface area (Å²) in [5.41, 5.74) is 2.07. The van der Waals surface area contributed by atoms with Gasteiger partial charge in [0.2, 0.25) is 5.76 Å². The number of para-hydroxylation sites is 1. The average Bonchev–Trinajstić information content (AvgIpc) is 3.41. The molecular weight excluding hydrogens is 334 g/mol. The summed E-state index contributed by atoms with van der Waals surface area (Å²) in [6.45, 7) is 1.99. The van der Waals surface area contributed by atoms with Crippen molar-refractivity contribution < 1.29 is 13.8 Å². The second-order valence-electron chi connectivity index (χ2n) is 6.46. The van der Waals surface area contributed by atoms with Crippen LogP contribution in [0.4, 0.5) is 0 Å². The molecule has 0 saturated carbocycles. The van der Waals surface area contributed by atoms with Crippen molar-refractivity contribution in [2.75, 3.05) is 6.54 Å². The van der Waals surface area contributed by atoms with E-state index in [2.05, 4.69) is 29.4 Å². The number of nitrogens with zero attached hydrogens (tertiary/aromatic N) is 2. The van der Waals surface area contributed by atoms with Gasteiger partial charge in [0.15, 0.2) is 10.8 Å². The zero-order valence-electron chi connectivity index (χ0n) is 13.6. The lowest BCUT2D eigenvalue weighted by Crippen LogP contribution is -3.09. The Balaban J connectivity index is 1.38. The Morgan fingerprint density at radius 1 is 1.16 bits per heavy atom. The second-order valence-corrected chi connectivity index (χ2v) is 7.52. The Hall–Kier alpha value is -2.44. The average molecular weight is 352 g/mol. The number of rotatable bonds is 4. The molecule has 0 aliphatic carbocycles. The Bertz CT molecular complexity index is 956. The highest BCUT2D eigenvalue weighted by Gasteiger charge is 2.33. The summed E-state index contributed by atoms with van der Waals surface area (Å²) in [6.07, 6.45) is 4.04. The number of benzene rings is 1. The molecule has 0 spiro atoms. The highest BCUT2D eigenvalue weighted by molar-refractivity contribution is 7.18. The van der Waals surface area contributed by atoms with Crippen molar-refractivity contribution in [3.8, 4) is 11.5 Å². The fourth-order valence-electron chi connectivity index (χ4n) is 3.62. The first-order valence-corrected chi connectivity index (χ1v) is 9.38. The van der Waals surface area contributed by atoms with Crippen LogP contribution < -0.4 is 4.90 Å². The van der Waals surface area contributed by atoms with E-state index in [-0.39, 0.29) is 0 Å². The SMILES string of the molecule is c1coc(-c2cc(C[NH+]3CCC[C@H]3c3nc4ccccc4s3)no2)c1.